The zero-order valence-corrected chi connectivity index (χ0v) is 9.03. The van der Waals surface area contributed by atoms with Crippen LogP contribution in [0, 0.1) is 5.92 Å². The van der Waals surface area contributed by atoms with Crippen molar-refractivity contribution in [2.24, 2.45) is 5.92 Å². The Labute approximate surface area is 81.3 Å². The lowest BCUT2D eigenvalue weighted by Gasteiger charge is -2.34. The Hall–Kier alpha value is -0.120. The summed E-state index contributed by atoms with van der Waals surface area (Å²) in [4.78, 5) is 4.65. The summed E-state index contributed by atoms with van der Waals surface area (Å²) in [6, 6.07) is 0. The lowest BCUT2D eigenvalue weighted by molar-refractivity contribution is 0.0331. The second-order valence-electron chi connectivity index (χ2n) is 4.44. The average Bonchev–Trinajstić information content (AvgIpc) is 2.07. The molecule has 3 nitrogen and oxygen atoms in total. The van der Waals surface area contributed by atoms with Gasteiger partial charge in [-0.05, 0) is 26.4 Å². The van der Waals surface area contributed by atoms with Gasteiger partial charge >= 0.3 is 0 Å². The van der Waals surface area contributed by atoms with Crippen LogP contribution in [-0.2, 0) is 0 Å². The Morgan fingerprint density at radius 1 is 1.46 bits per heavy atom. The minimum Gasteiger partial charge on any atom is -0.393 e. The molecule has 1 heterocycles. The maximum atomic E-state index is 9.54. The minimum atomic E-state index is -0.0735. The Kier molecular flexibility index (Phi) is 4.16. The van der Waals surface area contributed by atoms with Gasteiger partial charge in [-0.1, -0.05) is 6.92 Å². The van der Waals surface area contributed by atoms with Crippen LogP contribution in [-0.4, -0.2) is 61.3 Å². The molecule has 2 atom stereocenters. The van der Waals surface area contributed by atoms with Crippen LogP contribution in [0.2, 0.25) is 0 Å². The number of likely N-dealkylation sites (N-methyl/N-ethyl adjacent to an activating group) is 1. The summed E-state index contributed by atoms with van der Waals surface area (Å²) in [5.74, 6) is 0.441. The maximum Gasteiger partial charge on any atom is 0.0590 e. The molecule has 0 aromatic rings. The van der Waals surface area contributed by atoms with E-state index in [1.165, 1.54) is 0 Å². The summed E-state index contributed by atoms with van der Waals surface area (Å²) in [7, 11) is 4.20. The number of rotatable bonds is 3. The Bertz CT molecular complexity index is 150. The van der Waals surface area contributed by atoms with Crippen molar-refractivity contribution in [3.05, 3.63) is 0 Å². The normalized spacial score (nSPS) is 31.2. The van der Waals surface area contributed by atoms with E-state index in [4.69, 9.17) is 0 Å². The summed E-state index contributed by atoms with van der Waals surface area (Å²) < 4.78 is 0. The first-order valence-corrected chi connectivity index (χ1v) is 5.14. The Balaban J connectivity index is 2.21. The molecule has 1 fully saturated rings. The zero-order chi connectivity index (χ0) is 9.84. The van der Waals surface area contributed by atoms with E-state index in [2.05, 4.69) is 30.8 Å². The van der Waals surface area contributed by atoms with Gasteiger partial charge in [0.15, 0.2) is 0 Å². The highest BCUT2D eigenvalue weighted by Crippen LogP contribution is 2.15. The summed E-state index contributed by atoms with van der Waals surface area (Å²) in [6.45, 7) is 6.48. The van der Waals surface area contributed by atoms with Crippen molar-refractivity contribution in [1.29, 1.82) is 0 Å². The molecular weight excluding hydrogens is 164 g/mol. The molecule has 0 amide bonds. The second kappa shape index (κ2) is 4.94. The van der Waals surface area contributed by atoms with E-state index in [-0.39, 0.29) is 6.10 Å². The van der Waals surface area contributed by atoms with Gasteiger partial charge in [-0.15, -0.1) is 0 Å². The molecule has 1 N–H and O–H groups in total. The highest BCUT2D eigenvalue weighted by Gasteiger charge is 2.23. The molecule has 3 heteroatoms. The van der Waals surface area contributed by atoms with Gasteiger partial charge in [-0.2, -0.15) is 0 Å². The van der Waals surface area contributed by atoms with Crippen molar-refractivity contribution in [3.8, 4) is 0 Å². The Morgan fingerprint density at radius 3 is 2.69 bits per heavy atom. The molecule has 1 saturated heterocycles. The first kappa shape index (κ1) is 11.0. The van der Waals surface area contributed by atoms with E-state index in [1.54, 1.807) is 0 Å². The number of aliphatic hydroxyl groups excluding tert-OH is 1. The van der Waals surface area contributed by atoms with Gasteiger partial charge in [0.05, 0.1) is 6.10 Å². The minimum absolute atomic E-state index is 0.0735. The maximum absolute atomic E-state index is 9.54. The highest BCUT2D eigenvalue weighted by atomic mass is 16.3. The summed E-state index contributed by atoms with van der Waals surface area (Å²) >= 11 is 0. The third kappa shape index (κ3) is 3.63. The first-order valence-electron chi connectivity index (χ1n) is 5.14. The molecule has 13 heavy (non-hydrogen) atoms. The summed E-state index contributed by atoms with van der Waals surface area (Å²) in [5, 5.41) is 9.54. The standard InChI is InChI=1S/C10H22N2O/c1-9-8-12(5-4-10(9)13)7-6-11(2)3/h9-10,13H,4-8H2,1-3H3. The number of nitrogens with zero attached hydrogens (tertiary/aromatic N) is 2. The molecule has 2 unspecified atom stereocenters. The van der Waals surface area contributed by atoms with Gasteiger partial charge in [0.25, 0.3) is 0 Å². The van der Waals surface area contributed by atoms with Gasteiger partial charge < -0.3 is 14.9 Å². The third-order valence-electron chi connectivity index (χ3n) is 2.81. The van der Waals surface area contributed by atoms with Crippen molar-refractivity contribution in [2.45, 2.75) is 19.4 Å². The van der Waals surface area contributed by atoms with Crippen LogP contribution in [0.3, 0.4) is 0 Å². The average molecular weight is 186 g/mol. The van der Waals surface area contributed by atoms with E-state index in [0.29, 0.717) is 5.92 Å². The van der Waals surface area contributed by atoms with Crippen molar-refractivity contribution in [2.75, 3.05) is 40.3 Å². The van der Waals surface area contributed by atoms with E-state index >= 15 is 0 Å². The monoisotopic (exact) mass is 186 g/mol. The van der Waals surface area contributed by atoms with Crippen molar-refractivity contribution < 1.29 is 5.11 Å². The number of hydrogen-bond donors (Lipinski definition) is 1. The van der Waals surface area contributed by atoms with E-state index in [0.717, 1.165) is 32.6 Å². The zero-order valence-electron chi connectivity index (χ0n) is 9.03. The molecule has 0 aliphatic carbocycles. The van der Waals surface area contributed by atoms with Gasteiger partial charge in [-0.25, -0.2) is 0 Å². The van der Waals surface area contributed by atoms with Gasteiger partial charge in [-0.3, -0.25) is 0 Å². The lowest BCUT2D eigenvalue weighted by atomic mass is 9.97. The summed E-state index contributed by atoms with van der Waals surface area (Å²) in [5.41, 5.74) is 0. The van der Waals surface area contributed by atoms with Gasteiger partial charge in [0.2, 0.25) is 0 Å². The fourth-order valence-electron chi connectivity index (χ4n) is 1.76. The predicted molar refractivity (Wildman–Crippen MR) is 54.8 cm³/mol. The lowest BCUT2D eigenvalue weighted by Crippen LogP contribution is -2.44. The van der Waals surface area contributed by atoms with Crippen molar-refractivity contribution in [1.82, 2.24) is 9.80 Å². The number of hydrogen-bond acceptors (Lipinski definition) is 3. The van der Waals surface area contributed by atoms with Crippen molar-refractivity contribution in [3.63, 3.8) is 0 Å². The SMILES string of the molecule is CC1CN(CCN(C)C)CCC1O. The molecule has 0 bridgehead atoms. The van der Waals surface area contributed by atoms with Crippen LogP contribution >= 0.6 is 0 Å². The molecule has 78 valence electrons. The topological polar surface area (TPSA) is 26.7 Å². The van der Waals surface area contributed by atoms with E-state index in [9.17, 15) is 5.11 Å². The fraction of sp³-hybridized carbons (Fsp3) is 1.00. The molecule has 0 aromatic heterocycles. The van der Waals surface area contributed by atoms with Crippen LogP contribution < -0.4 is 0 Å². The molecule has 0 spiro atoms. The molecule has 1 rings (SSSR count). The van der Waals surface area contributed by atoms with Gasteiger partial charge in [0, 0.05) is 26.2 Å². The van der Waals surface area contributed by atoms with Crippen molar-refractivity contribution >= 4 is 0 Å². The predicted octanol–water partition coefficient (Wildman–Crippen LogP) is 0.251. The largest absolute Gasteiger partial charge is 0.393 e. The van der Waals surface area contributed by atoms with Crippen LogP contribution in [0.4, 0.5) is 0 Å². The van der Waals surface area contributed by atoms with E-state index < -0.39 is 0 Å². The smallest absolute Gasteiger partial charge is 0.0590 e. The molecule has 1 aliphatic heterocycles. The van der Waals surface area contributed by atoms with Crippen LogP contribution in [0.15, 0.2) is 0 Å². The van der Waals surface area contributed by atoms with Crippen LogP contribution in [0.25, 0.3) is 0 Å². The number of piperidine rings is 1. The molecule has 1 aliphatic rings. The highest BCUT2D eigenvalue weighted by molar-refractivity contribution is 4.77. The molecule has 0 radical (unpaired) electrons. The fourth-order valence-corrected chi connectivity index (χ4v) is 1.76. The number of aliphatic hydroxyl groups is 1. The van der Waals surface area contributed by atoms with Gasteiger partial charge in [0.1, 0.15) is 0 Å². The molecule has 0 saturated carbocycles. The van der Waals surface area contributed by atoms with Crippen LogP contribution in [0.1, 0.15) is 13.3 Å². The first-order chi connectivity index (χ1) is 6.09. The molecular formula is C10H22N2O. The Morgan fingerprint density at radius 2 is 2.15 bits per heavy atom. The van der Waals surface area contributed by atoms with Crippen LogP contribution in [0.5, 0.6) is 0 Å². The summed E-state index contributed by atoms with van der Waals surface area (Å²) in [6.07, 6.45) is 0.866. The molecule has 0 aromatic carbocycles. The second-order valence-corrected chi connectivity index (χ2v) is 4.44. The third-order valence-corrected chi connectivity index (χ3v) is 2.81. The quantitative estimate of drug-likeness (QED) is 0.684. The van der Waals surface area contributed by atoms with E-state index in [1.807, 2.05) is 0 Å². The number of likely N-dealkylation sites (tertiary alicyclic amines) is 1.